The average molecular weight is 452 g/mol. The Kier molecular flexibility index (Phi) is 6.14. The molecule has 170 valence electrons. The summed E-state index contributed by atoms with van der Waals surface area (Å²) in [6.07, 6.45) is -2.69. The molecule has 7 heteroatoms. The van der Waals surface area contributed by atoms with Crippen LogP contribution in [0.25, 0.3) is 10.9 Å². The molecule has 1 heterocycles. The molecule has 4 aromatic rings. The SMILES string of the molecule is CCN(c1cccc(Cn2cc(CC(=O)O)c3ccccc32)c1)c1ccccc1C(F)(F)F. The van der Waals surface area contributed by atoms with Crippen LogP contribution in [-0.2, 0) is 23.9 Å². The number of aromatic nitrogens is 1. The van der Waals surface area contributed by atoms with E-state index in [2.05, 4.69) is 0 Å². The monoisotopic (exact) mass is 452 g/mol. The number of nitrogens with zero attached hydrogens (tertiary/aromatic N) is 2. The van der Waals surface area contributed by atoms with E-state index in [-0.39, 0.29) is 12.1 Å². The predicted octanol–water partition coefficient (Wildman–Crippen LogP) is 6.49. The van der Waals surface area contributed by atoms with E-state index in [0.29, 0.717) is 18.8 Å². The number of hydrogen-bond donors (Lipinski definition) is 1. The van der Waals surface area contributed by atoms with E-state index < -0.39 is 17.7 Å². The number of para-hydroxylation sites is 2. The summed E-state index contributed by atoms with van der Waals surface area (Å²) in [5.74, 6) is -0.901. The van der Waals surface area contributed by atoms with Gasteiger partial charge in [0.15, 0.2) is 0 Å². The van der Waals surface area contributed by atoms with Gasteiger partial charge in [-0.1, -0.05) is 42.5 Å². The van der Waals surface area contributed by atoms with Gasteiger partial charge < -0.3 is 14.6 Å². The van der Waals surface area contributed by atoms with Crippen LogP contribution in [0.1, 0.15) is 23.6 Å². The number of alkyl halides is 3. The summed E-state index contributed by atoms with van der Waals surface area (Å²) in [6.45, 7) is 2.65. The highest BCUT2D eigenvalue weighted by Crippen LogP contribution is 2.39. The fourth-order valence-corrected chi connectivity index (χ4v) is 4.22. The predicted molar refractivity (Wildman–Crippen MR) is 123 cm³/mol. The molecule has 4 nitrogen and oxygen atoms in total. The molecule has 4 rings (SSSR count). The van der Waals surface area contributed by atoms with E-state index in [1.165, 1.54) is 12.1 Å². The Hall–Kier alpha value is -3.74. The van der Waals surface area contributed by atoms with E-state index in [0.717, 1.165) is 28.1 Å². The van der Waals surface area contributed by atoms with Gasteiger partial charge in [-0.3, -0.25) is 4.79 Å². The van der Waals surface area contributed by atoms with Crippen molar-refractivity contribution in [2.45, 2.75) is 26.1 Å². The van der Waals surface area contributed by atoms with Crippen molar-refractivity contribution in [1.29, 1.82) is 0 Å². The van der Waals surface area contributed by atoms with Crippen molar-refractivity contribution in [2.75, 3.05) is 11.4 Å². The van der Waals surface area contributed by atoms with Crippen LogP contribution in [0.5, 0.6) is 0 Å². The second-order valence-electron chi connectivity index (χ2n) is 7.80. The number of hydrogen-bond acceptors (Lipinski definition) is 2. The van der Waals surface area contributed by atoms with Gasteiger partial charge in [0.2, 0.25) is 0 Å². The largest absolute Gasteiger partial charge is 0.481 e. The maximum atomic E-state index is 13.6. The van der Waals surface area contributed by atoms with Gasteiger partial charge in [-0.05, 0) is 48.4 Å². The molecule has 0 aliphatic rings. The second-order valence-corrected chi connectivity index (χ2v) is 7.80. The molecular weight excluding hydrogens is 429 g/mol. The van der Waals surface area contributed by atoms with Gasteiger partial charge >= 0.3 is 12.1 Å². The minimum absolute atomic E-state index is 0.0780. The highest BCUT2D eigenvalue weighted by Gasteiger charge is 2.34. The van der Waals surface area contributed by atoms with E-state index in [1.807, 2.05) is 60.2 Å². The maximum Gasteiger partial charge on any atom is 0.418 e. The molecule has 1 N–H and O–H groups in total. The Balaban J connectivity index is 1.71. The third kappa shape index (κ3) is 4.72. The molecule has 1 aromatic heterocycles. The van der Waals surface area contributed by atoms with Crippen molar-refractivity contribution >= 4 is 28.2 Å². The van der Waals surface area contributed by atoms with Gasteiger partial charge in [-0.2, -0.15) is 13.2 Å². The lowest BCUT2D eigenvalue weighted by molar-refractivity contribution is -0.137. The number of anilines is 2. The van der Waals surface area contributed by atoms with Crippen molar-refractivity contribution in [3.63, 3.8) is 0 Å². The van der Waals surface area contributed by atoms with Crippen molar-refractivity contribution in [3.05, 3.63) is 95.7 Å². The van der Waals surface area contributed by atoms with Crippen molar-refractivity contribution < 1.29 is 23.1 Å². The third-order valence-corrected chi connectivity index (χ3v) is 5.60. The first kappa shape index (κ1) is 22.5. The quantitative estimate of drug-likeness (QED) is 0.348. The second kappa shape index (κ2) is 9.02. The van der Waals surface area contributed by atoms with Gasteiger partial charge in [-0.25, -0.2) is 0 Å². The highest BCUT2D eigenvalue weighted by atomic mass is 19.4. The molecule has 0 aliphatic heterocycles. The zero-order valence-corrected chi connectivity index (χ0v) is 18.0. The van der Waals surface area contributed by atoms with Crippen LogP contribution >= 0.6 is 0 Å². The summed E-state index contributed by atoms with van der Waals surface area (Å²) in [5, 5.41) is 10.1. The Morgan fingerprint density at radius 2 is 1.73 bits per heavy atom. The molecule has 3 aromatic carbocycles. The fraction of sp³-hybridized carbons (Fsp3) is 0.192. The number of benzene rings is 3. The van der Waals surface area contributed by atoms with Gasteiger partial charge in [0, 0.05) is 35.9 Å². The van der Waals surface area contributed by atoms with Crippen LogP contribution in [0.2, 0.25) is 0 Å². The van der Waals surface area contributed by atoms with Crippen LogP contribution in [0.4, 0.5) is 24.5 Å². The number of halogens is 3. The van der Waals surface area contributed by atoms with Crippen LogP contribution in [0.15, 0.2) is 79.0 Å². The number of rotatable bonds is 7. The number of carboxylic acid groups (broad SMARTS) is 1. The smallest absolute Gasteiger partial charge is 0.418 e. The molecule has 0 fully saturated rings. The molecule has 0 saturated heterocycles. The van der Waals surface area contributed by atoms with Crippen molar-refractivity contribution in [1.82, 2.24) is 4.57 Å². The standard InChI is InChI=1S/C26H23F3N2O2/c1-2-31(24-13-6-4-11-22(24)26(27,28)29)20-9-7-8-18(14-20)16-30-17-19(15-25(32)33)21-10-3-5-12-23(21)30/h3-14,17H,2,15-16H2,1H3,(H,32,33). The lowest BCUT2D eigenvalue weighted by atomic mass is 10.1. The Bertz CT molecular complexity index is 1290. The normalized spacial score (nSPS) is 11.6. The first-order chi connectivity index (χ1) is 15.8. The zero-order valence-electron chi connectivity index (χ0n) is 18.0. The Labute approximate surface area is 189 Å². The van der Waals surface area contributed by atoms with Gasteiger partial charge in [0.1, 0.15) is 0 Å². The van der Waals surface area contributed by atoms with Crippen LogP contribution in [0.3, 0.4) is 0 Å². The molecule has 0 spiro atoms. The number of carboxylic acids is 1. The fourth-order valence-electron chi connectivity index (χ4n) is 4.22. The lowest BCUT2D eigenvalue weighted by Crippen LogP contribution is -2.20. The summed E-state index contributed by atoms with van der Waals surface area (Å²) in [4.78, 5) is 12.9. The van der Waals surface area contributed by atoms with E-state index in [9.17, 15) is 23.1 Å². The number of fused-ring (bicyclic) bond motifs is 1. The summed E-state index contributed by atoms with van der Waals surface area (Å²) >= 11 is 0. The van der Waals surface area contributed by atoms with Crippen LogP contribution in [0, 0.1) is 0 Å². The number of aliphatic carboxylic acids is 1. The van der Waals surface area contributed by atoms with Gasteiger partial charge in [0.25, 0.3) is 0 Å². The van der Waals surface area contributed by atoms with Gasteiger partial charge in [0.05, 0.1) is 17.7 Å². The molecule has 0 saturated carbocycles. The first-order valence-corrected chi connectivity index (χ1v) is 10.6. The van der Waals surface area contributed by atoms with Gasteiger partial charge in [-0.15, -0.1) is 0 Å². The van der Waals surface area contributed by atoms with Crippen LogP contribution in [-0.4, -0.2) is 22.2 Å². The van der Waals surface area contributed by atoms with Crippen molar-refractivity contribution in [3.8, 4) is 0 Å². The minimum atomic E-state index is -4.45. The molecule has 33 heavy (non-hydrogen) atoms. The molecule has 0 unspecified atom stereocenters. The van der Waals surface area contributed by atoms with Crippen molar-refractivity contribution in [2.24, 2.45) is 0 Å². The third-order valence-electron chi connectivity index (χ3n) is 5.60. The lowest BCUT2D eigenvalue weighted by Gasteiger charge is -2.27. The first-order valence-electron chi connectivity index (χ1n) is 10.6. The van der Waals surface area contributed by atoms with E-state index in [1.54, 1.807) is 17.0 Å². The topological polar surface area (TPSA) is 45.5 Å². The summed E-state index contributed by atoms with van der Waals surface area (Å²) in [5.41, 5.74) is 2.64. The molecule has 0 aliphatic carbocycles. The Morgan fingerprint density at radius 1 is 1.00 bits per heavy atom. The minimum Gasteiger partial charge on any atom is -0.481 e. The molecule has 0 atom stereocenters. The molecule has 0 amide bonds. The molecule has 0 radical (unpaired) electrons. The summed E-state index contributed by atoms with van der Waals surface area (Å²) in [7, 11) is 0. The average Bonchev–Trinajstić information content (AvgIpc) is 3.11. The van der Waals surface area contributed by atoms with Crippen LogP contribution < -0.4 is 4.90 Å². The molecule has 0 bridgehead atoms. The maximum absolute atomic E-state index is 13.6. The Morgan fingerprint density at radius 3 is 2.45 bits per heavy atom. The summed E-state index contributed by atoms with van der Waals surface area (Å²) < 4.78 is 42.8. The highest BCUT2D eigenvalue weighted by molar-refractivity contribution is 5.87. The number of carbonyl (C=O) groups is 1. The summed E-state index contributed by atoms with van der Waals surface area (Å²) in [6, 6.07) is 20.6. The zero-order chi connectivity index (χ0) is 23.6. The van der Waals surface area contributed by atoms with E-state index >= 15 is 0 Å². The van der Waals surface area contributed by atoms with E-state index in [4.69, 9.17) is 0 Å². The molecular formula is C26H23F3N2O2.